The maximum atomic E-state index is 14.8. The van der Waals surface area contributed by atoms with Crippen LogP contribution in [0.4, 0.5) is 5.69 Å². The second-order valence-electron chi connectivity index (χ2n) is 13.4. The van der Waals surface area contributed by atoms with Gasteiger partial charge in [-0.25, -0.2) is 4.79 Å². The van der Waals surface area contributed by atoms with Crippen molar-refractivity contribution in [2.24, 2.45) is 14.1 Å². The van der Waals surface area contributed by atoms with Gasteiger partial charge in [-0.1, -0.05) is 29.3 Å². The summed E-state index contributed by atoms with van der Waals surface area (Å²) in [6.45, 7) is 10.9. The number of anilines is 1. The summed E-state index contributed by atoms with van der Waals surface area (Å²) in [5.74, 6) is -0.393. The van der Waals surface area contributed by atoms with Crippen molar-refractivity contribution in [2.45, 2.75) is 53.5 Å². The van der Waals surface area contributed by atoms with E-state index in [-0.39, 0.29) is 17.5 Å². The lowest BCUT2D eigenvalue weighted by Crippen LogP contribution is -2.42. The average Bonchev–Trinajstić information content (AvgIpc) is 3.67. The Hall–Kier alpha value is -4.73. The summed E-state index contributed by atoms with van der Waals surface area (Å²) in [6.07, 6.45) is 2.86. The van der Waals surface area contributed by atoms with E-state index in [1.54, 1.807) is 15.7 Å². The SMILES string of the molecule is Cc1cc(OCCCc2c3n(c4c(-c5c(C)nn(C)c5C)c(Cl)ccc24)C(C)CN(c2ccc4c(c2)c(C(=O)O)cn4C)C3=O)cc(C)c1Cl. The number of aryl methyl sites for hydroxylation is 6. The predicted octanol–water partition coefficient (Wildman–Crippen LogP) is 9.01. The molecule has 0 saturated carbocycles. The largest absolute Gasteiger partial charge is 0.494 e. The van der Waals surface area contributed by atoms with E-state index in [0.29, 0.717) is 47.8 Å². The summed E-state index contributed by atoms with van der Waals surface area (Å²) < 4.78 is 12.0. The molecular formula is C39H39Cl2N5O4. The third kappa shape index (κ3) is 5.34. The van der Waals surface area contributed by atoms with Crippen molar-refractivity contribution in [3.8, 4) is 16.9 Å². The van der Waals surface area contributed by atoms with Crippen molar-refractivity contribution < 1.29 is 19.4 Å². The van der Waals surface area contributed by atoms with E-state index in [4.69, 9.17) is 33.0 Å². The molecule has 0 radical (unpaired) electrons. The van der Waals surface area contributed by atoms with Gasteiger partial charge in [-0.15, -0.1) is 0 Å². The molecular weight excluding hydrogens is 673 g/mol. The maximum Gasteiger partial charge on any atom is 0.337 e. The Morgan fingerprint density at radius 2 is 1.72 bits per heavy atom. The monoisotopic (exact) mass is 711 g/mol. The first kappa shape index (κ1) is 33.8. The van der Waals surface area contributed by atoms with Crippen LogP contribution >= 0.6 is 23.2 Å². The van der Waals surface area contributed by atoms with Crippen molar-refractivity contribution in [3.05, 3.63) is 98.0 Å². The Morgan fingerprint density at radius 1 is 1.00 bits per heavy atom. The predicted molar refractivity (Wildman–Crippen MR) is 200 cm³/mol. The summed E-state index contributed by atoms with van der Waals surface area (Å²) in [5.41, 5.74) is 9.68. The molecule has 11 heteroatoms. The number of hydrogen-bond acceptors (Lipinski definition) is 4. The number of carboxylic acid groups (broad SMARTS) is 1. The molecule has 3 aromatic carbocycles. The van der Waals surface area contributed by atoms with Crippen LogP contribution in [0.3, 0.4) is 0 Å². The normalized spacial score (nSPS) is 14.6. The van der Waals surface area contributed by atoms with Crippen molar-refractivity contribution in [1.82, 2.24) is 18.9 Å². The van der Waals surface area contributed by atoms with Crippen LogP contribution in [0.5, 0.6) is 5.75 Å². The van der Waals surface area contributed by atoms with Gasteiger partial charge >= 0.3 is 5.97 Å². The number of ether oxygens (including phenoxy) is 1. The lowest BCUT2D eigenvalue weighted by atomic mass is 9.98. The molecule has 1 atom stereocenters. The topological polar surface area (TPSA) is 94.5 Å². The van der Waals surface area contributed by atoms with E-state index in [1.165, 1.54) is 0 Å². The van der Waals surface area contributed by atoms with Crippen molar-refractivity contribution in [3.63, 3.8) is 0 Å². The Kier molecular flexibility index (Phi) is 8.47. The van der Waals surface area contributed by atoms with Gasteiger partial charge in [0.15, 0.2) is 0 Å². The van der Waals surface area contributed by atoms with E-state index < -0.39 is 5.97 Å². The van der Waals surface area contributed by atoms with Crippen LogP contribution in [-0.2, 0) is 20.5 Å². The highest BCUT2D eigenvalue weighted by atomic mass is 35.5. The first-order chi connectivity index (χ1) is 23.8. The molecule has 7 rings (SSSR count). The van der Waals surface area contributed by atoms with E-state index >= 15 is 0 Å². The number of carbonyl (C=O) groups is 2. The third-order valence-corrected chi connectivity index (χ3v) is 11.0. The second kappa shape index (κ2) is 12.5. The molecule has 258 valence electrons. The Morgan fingerprint density at radius 3 is 2.38 bits per heavy atom. The molecule has 0 saturated heterocycles. The zero-order valence-corrected chi connectivity index (χ0v) is 30.7. The molecule has 4 heterocycles. The average molecular weight is 713 g/mol. The van der Waals surface area contributed by atoms with Gasteiger partial charge in [0, 0.05) is 76.7 Å². The first-order valence-electron chi connectivity index (χ1n) is 16.7. The number of halogens is 2. The van der Waals surface area contributed by atoms with Crippen LogP contribution in [0.15, 0.2) is 48.7 Å². The van der Waals surface area contributed by atoms with E-state index in [9.17, 15) is 14.7 Å². The molecule has 0 spiro atoms. The van der Waals surface area contributed by atoms with E-state index in [2.05, 4.69) is 11.5 Å². The van der Waals surface area contributed by atoms with Crippen molar-refractivity contribution >= 4 is 62.6 Å². The Labute approximate surface area is 300 Å². The first-order valence-corrected chi connectivity index (χ1v) is 17.4. The number of amides is 1. The lowest BCUT2D eigenvalue weighted by molar-refractivity contribution is 0.0698. The van der Waals surface area contributed by atoms with Gasteiger partial charge in [0.05, 0.1) is 28.4 Å². The number of hydrogen-bond donors (Lipinski definition) is 1. The molecule has 9 nitrogen and oxygen atoms in total. The fourth-order valence-corrected chi connectivity index (χ4v) is 8.03. The Bertz CT molecular complexity index is 2360. The molecule has 6 aromatic rings. The molecule has 0 aliphatic carbocycles. The number of carboxylic acids is 1. The number of fused-ring (bicyclic) bond motifs is 4. The third-order valence-electron chi connectivity index (χ3n) is 10.1. The highest BCUT2D eigenvalue weighted by Crippen LogP contribution is 2.45. The van der Waals surface area contributed by atoms with Crippen LogP contribution < -0.4 is 9.64 Å². The van der Waals surface area contributed by atoms with Gasteiger partial charge in [-0.05, 0) is 101 Å². The maximum absolute atomic E-state index is 14.8. The van der Waals surface area contributed by atoms with Crippen LogP contribution in [0.1, 0.15) is 68.3 Å². The molecule has 50 heavy (non-hydrogen) atoms. The minimum absolute atomic E-state index is 0.130. The molecule has 3 aromatic heterocycles. The smallest absolute Gasteiger partial charge is 0.337 e. The standard InChI is InChI=1S/C39H39Cl2N5O4/c1-20-15-26(16-21(2)35(20)41)50-14-8-9-27-28-11-12-31(40)34(33-23(4)42-44(7)24(33)5)36(28)46-22(3)18-45(38(47)37(27)46)25-10-13-32-29(17-25)30(39(48)49)19-43(32)6/h10-13,15-17,19,22H,8-9,14,18H2,1-7H3,(H,48,49). The second-order valence-corrected chi connectivity index (χ2v) is 14.2. The summed E-state index contributed by atoms with van der Waals surface area (Å²) in [4.78, 5) is 28.7. The zero-order chi connectivity index (χ0) is 35.8. The van der Waals surface area contributed by atoms with E-state index in [0.717, 1.165) is 66.4 Å². The van der Waals surface area contributed by atoms with Gasteiger partial charge in [-0.2, -0.15) is 5.10 Å². The summed E-state index contributed by atoms with van der Waals surface area (Å²) in [7, 11) is 3.74. The van der Waals surface area contributed by atoms with Crippen LogP contribution in [0.25, 0.3) is 32.9 Å². The molecule has 1 amide bonds. The highest BCUT2D eigenvalue weighted by Gasteiger charge is 2.37. The number of carbonyl (C=O) groups excluding carboxylic acids is 1. The highest BCUT2D eigenvalue weighted by molar-refractivity contribution is 6.35. The van der Waals surface area contributed by atoms with Crippen LogP contribution in [0, 0.1) is 27.7 Å². The summed E-state index contributed by atoms with van der Waals surface area (Å²) in [5, 5.41) is 17.5. The number of rotatable bonds is 8. The van der Waals surface area contributed by atoms with Gasteiger partial charge in [0.2, 0.25) is 0 Å². The summed E-state index contributed by atoms with van der Waals surface area (Å²) in [6, 6.07) is 13.3. The minimum Gasteiger partial charge on any atom is -0.494 e. The van der Waals surface area contributed by atoms with Gasteiger partial charge in [0.1, 0.15) is 11.4 Å². The molecule has 1 unspecified atom stereocenters. The van der Waals surface area contributed by atoms with Crippen LogP contribution in [0.2, 0.25) is 10.0 Å². The van der Waals surface area contributed by atoms with Crippen molar-refractivity contribution in [2.75, 3.05) is 18.1 Å². The molecule has 0 bridgehead atoms. The molecule has 1 aliphatic heterocycles. The zero-order valence-electron chi connectivity index (χ0n) is 29.2. The minimum atomic E-state index is -1.01. The van der Waals surface area contributed by atoms with Crippen LogP contribution in [-0.4, -0.2) is 49.0 Å². The molecule has 1 N–H and O–H groups in total. The number of benzene rings is 3. The molecule has 0 fully saturated rings. The number of aromatic carboxylic acids is 1. The van der Waals surface area contributed by atoms with Gasteiger partial charge in [0.25, 0.3) is 5.91 Å². The number of aromatic nitrogens is 4. The summed E-state index contributed by atoms with van der Waals surface area (Å²) >= 11 is 13.4. The fourth-order valence-electron chi connectivity index (χ4n) is 7.67. The van der Waals surface area contributed by atoms with Crippen molar-refractivity contribution in [1.29, 1.82) is 0 Å². The Balaban J connectivity index is 1.36. The van der Waals surface area contributed by atoms with Gasteiger partial charge < -0.3 is 23.9 Å². The quantitative estimate of drug-likeness (QED) is 0.159. The lowest BCUT2D eigenvalue weighted by Gasteiger charge is -2.34. The number of nitrogens with zero attached hydrogens (tertiary/aromatic N) is 5. The molecule has 1 aliphatic rings. The fraction of sp³-hybridized carbons (Fsp3) is 0.308. The van der Waals surface area contributed by atoms with Gasteiger partial charge in [-0.3, -0.25) is 9.48 Å². The van der Waals surface area contributed by atoms with E-state index in [1.807, 2.05) is 88.9 Å².